The first kappa shape index (κ1) is 12.7. The van der Waals surface area contributed by atoms with E-state index in [1.54, 1.807) is 11.3 Å². The van der Waals surface area contributed by atoms with Crippen molar-refractivity contribution < 1.29 is 0 Å². The number of hydrogen-bond acceptors (Lipinski definition) is 3. The molecule has 0 fully saturated rings. The van der Waals surface area contributed by atoms with Crippen LogP contribution in [0.1, 0.15) is 23.4 Å². The summed E-state index contributed by atoms with van der Waals surface area (Å²) in [6.45, 7) is 4.09. The molecule has 0 saturated carbocycles. The normalized spacial score (nSPS) is 20.1. The predicted octanol–water partition coefficient (Wildman–Crippen LogP) is 3.45. The Kier molecular flexibility index (Phi) is 3.58. The summed E-state index contributed by atoms with van der Waals surface area (Å²) in [6.07, 6.45) is 1.18. The molecule has 0 amide bonds. The van der Waals surface area contributed by atoms with Crippen molar-refractivity contribution in [2.24, 2.45) is 11.7 Å². The smallest absolute Gasteiger partial charge is 0.0757 e. The zero-order chi connectivity index (χ0) is 13.2. The van der Waals surface area contributed by atoms with Crippen LogP contribution in [0, 0.1) is 5.92 Å². The minimum absolute atomic E-state index is 0.309. The molecule has 2 heterocycles. The topological polar surface area (TPSA) is 29.3 Å². The fraction of sp³-hybridized carbons (Fsp3) is 0.375. The number of anilines is 1. The highest BCUT2D eigenvalue weighted by Gasteiger charge is 2.27. The minimum Gasteiger partial charge on any atom is -0.362 e. The Labute approximate surface area is 118 Å². The molecule has 3 rings (SSSR count). The van der Waals surface area contributed by atoms with Gasteiger partial charge in [0.2, 0.25) is 0 Å². The summed E-state index contributed by atoms with van der Waals surface area (Å²) in [7, 11) is 0. The predicted molar refractivity (Wildman–Crippen MR) is 82.8 cm³/mol. The standard InChI is InChI=1S/C16H20N2S/c1-12-9-13-5-2-3-6-14(13)18(11-12)15(10-17)16-7-4-8-19-16/h2-8,12,15H,9-11,17H2,1H3. The number of benzene rings is 1. The lowest BCUT2D eigenvalue weighted by Crippen LogP contribution is -2.40. The molecule has 1 aromatic carbocycles. The van der Waals surface area contributed by atoms with Gasteiger partial charge in [-0.1, -0.05) is 31.2 Å². The van der Waals surface area contributed by atoms with Gasteiger partial charge in [0.15, 0.2) is 0 Å². The summed E-state index contributed by atoms with van der Waals surface area (Å²) >= 11 is 1.80. The fourth-order valence-electron chi connectivity index (χ4n) is 3.01. The maximum atomic E-state index is 6.06. The second kappa shape index (κ2) is 5.35. The molecule has 1 aromatic heterocycles. The van der Waals surface area contributed by atoms with Crippen molar-refractivity contribution in [1.29, 1.82) is 0 Å². The first-order chi connectivity index (χ1) is 9.29. The van der Waals surface area contributed by atoms with Crippen molar-refractivity contribution in [3.05, 3.63) is 52.2 Å². The van der Waals surface area contributed by atoms with Crippen LogP contribution in [0.3, 0.4) is 0 Å². The van der Waals surface area contributed by atoms with E-state index in [-0.39, 0.29) is 0 Å². The van der Waals surface area contributed by atoms with Crippen LogP contribution >= 0.6 is 11.3 Å². The molecule has 2 aromatic rings. The fourth-order valence-corrected chi connectivity index (χ4v) is 3.86. The first-order valence-electron chi connectivity index (χ1n) is 6.87. The van der Waals surface area contributed by atoms with E-state index in [2.05, 4.69) is 53.6 Å². The molecular formula is C16H20N2S. The Morgan fingerprint density at radius 3 is 2.89 bits per heavy atom. The van der Waals surface area contributed by atoms with Crippen LogP contribution in [0.2, 0.25) is 0 Å². The van der Waals surface area contributed by atoms with Crippen LogP contribution in [0.4, 0.5) is 5.69 Å². The van der Waals surface area contributed by atoms with Crippen molar-refractivity contribution >= 4 is 17.0 Å². The summed E-state index contributed by atoms with van der Waals surface area (Å²) in [6, 6.07) is 13.4. The monoisotopic (exact) mass is 272 g/mol. The van der Waals surface area contributed by atoms with Gasteiger partial charge in [0.05, 0.1) is 6.04 Å². The van der Waals surface area contributed by atoms with E-state index in [0.29, 0.717) is 18.5 Å². The highest BCUT2D eigenvalue weighted by molar-refractivity contribution is 7.10. The maximum absolute atomic E-state index is 6.06. The van der Waals surface area contributed by atoms with Crippen LogP contribution in [0.15, 0.2) is 41.8 Å². The van der Waals surface area contributed by atoms with Crippen molar-refractivity contribution in [2.45, 2.75) is 19.4 Å². The number of para-hydroxylation sites is 1. The summed E-state index contributed by atoms with van der Waals surface area (Å²) in [5, 5.41) is 2.14. The largest absolute Gasteiger partial charge is 0.362 e. The molecule has 1 aliphatic rings. The van der Waals surface area contributed by atoms with E-state index in [1.807, 2.05) is 0 Å². The number of nitrogens with zero attached hydrogens (tertiary/aromatic N) is 1. The Morgan fingerprint density at radius 2 is 2.16 bits per heavy atom. The van der Waals surface area contributed by atoms with E-state index in [0.717, 1.165) is 6.54 Å². The number of nitrogens with two attached hydrogens (primary N) is 1. The number of rotatable bonds is 3. The molecule has 2 unspecified atom stereocenters. The molecule has 100 valence electrons. The average Bonchev–Trinajstić information content (AvgIpc) is 2.93. The highest BCUT2D eigenvalue weighted by Crippen LogP contribution is 2.36. The molecule has 2 N–H and O–H groups in total. The molecule has 0 bridgehead atoms. The first-order valence-corrected chi connectivity index (χ1v) is 7.75. The Hall–Kier alpha value is -1.32. The van der Waals surface area contributed by atoms with Gasteiger partial charge in [0, 0.05) is 23.7 Å². The lowest BCUT2D eigenvalue weighted by molar-refractivity contribution is 0.493. The van der Waals surface area contributed by atoms with Gasteiger partial charge >= 0.3 is 0 Å². The van der Waals surface area contributed by atoms with E-state index >= 15 is 0 Å². The van der Waals surface area contributed by atoms with Crippen molar-refractivity contribution in [3.63, 3.8) is 0 Å². The van der Waals surface area contributed by atoms with Gasteiger partial charge in [0.1, 0.15) is 0 Å². The molecular weight excluding hydrogens is 252 g/mol. The second-order valence-corrected chi connectivity index (χ2v) is 6.34. The molecule has 19 heavy (non-hydrogen) atoms. The maximum Gasteiger partial charge on any atom is 0.0757 e. The zero-order valence-corrected chi connectivity index (χ0v) is 12.1. The van der Waals surface area contributed by atoms with Gasteiger partial charge in [-0.15, -0.1) is 11.3 Å². The van der Waals surface area contributed by atoms with Gasteiger partial charge in [-0.3, -0.25) is 0 Å². The molecule has 0 spiro atoms. The molecule has 1 aliphatic heterocycles. The molecule has 0 radical (unpaired) electrons. The van der Waals surface area contributed by atoms with Crippen LogP contribution in [-0.4, -0.2) is 13.1 Å². The minimum atomic E-state index is 0.309. The van der Waals surface area contributed by atoms with Crippen molar-refractivity contribution in [2.75, 3.05) is 18.0 Å². The molecule has 0 saturated heterocycles. The van der Waals surface area contributed by atoms with Gasteiger partial charge in [0.25, 0.3) is 0 Å². The third-order valence-electron chi connectivity index (χ3n) is 3.85. The lowest BCUT2D eigenvalue weighted by Gasteiger charge is -2.39. The summed E-state index contributed by atoms with van der Waals surface area (Å²) in [5.74, 6) is 0.684. The SMILES string of the molecule is CC1Cc2ccccc2N(C(CN)c2cccs2)C1. The van der Waals surface area contributed by atoms with Crippen LogP contribution in [-0.2, 0) is 6.42 Å². The molecule has 0 aliphatic carbocycles. The molecule has 2 atom stereocenters. The summed E-state index contributed by atoms with van der Waals surface area (Å²) in [4.78, 5) is 3.86. The van der Waals surface area contributed by atoms with E-state index in [4.69, 9.17) is 5.73 Å². The third-order valence-corrected chi connectivity index (χ3v) is 4.82. The van der Waals surface area contributed by atoms with Gasteiger partial charge in [-0.05, 0) is 35.4 Å². The van der Waals surface area contributed by atoms with Gasteiger partial charge in [-0.25, -0.2) is 0 Å². The quantitative estimate of drug-likeness (QED) is 0.927. The van der Waals surface area contributed by atoms with Gasteiger partial charge in [-0.2, -0.15) is 0 Å². The highest BCUT2D eigenvalue weighted by atomic mass is 32.1. The number of hydrogen-bond donors (Lipinski definition) is 1. The average molecular weight is 272 g/mol. The molecule has 2 nitrogen and oxygen atoms in total. The lowest BCUT2D eigenvalue weighted by atomic mass is 9.92. The Bertz CT molecular complexity index is 535. The van der Waals surface area contributed by atoms with E-state index in [1.165, 1.54) is 22.5 Å². The summed E-state index contributed by atoms with van der Waals surface area (Å²) < 4.78 is 0. The van der Waals surface area contributed by atoms with E-state index < -0.39 is 0 Å². The Balaban J connectivity index is 2.00. The van der Waals surface area contributed by atoms with Crippen molar-refractivity contribution in [1.82, 2.24) is 0 Å². The Morgan fingerprint density at radius 1 is 1.32 bits per heavy atom. The number of fused-ring (bicyclic) bond motifs is 1. The van der Waals surface area contributed by atoms with Gasteiger partial charge < -0.3 is 10.6 Å². The molecule has 3 heteroatoms. The van der Waals surface area contributed by atoms with Crippen LogP contribution in [0.5, 0.6) is 0 Å². The third kappa shape index (κ3) is 2.40. The van der Waals surface area contributed by atoms with Crippen LogP contribution < -0.4 is 10.6 Å². The number of thiophene rings is 1. The second-order valence-electron chi connectivity index (χ2n) is 5.36. The van der Waals surface area contributed by atoms with Crippen molar-refractivity contribution in [3.8, 4) is 0 Å². The summed E-state index contributed by atoms with van der Waals surface area (Å²) in [5.41, 5.74) is 8.88. The van der Waals surface area contributed by atoms with Crippen LogP contribution in [0.25, 0.3) is 0 Å². The zero-order valence-electron chi connectivity index (χ0n) is 11.3. The van der Waals surface area contributed by atoms with E-state index in [9.17, 15) is 0 Å².